The average molecular weight is 893 g/mol. The molecule has 0 aliphatic carbocycles. The van der Waals surface area contributed by atoms with Gasteiger partial charge >= 0.3 is 0 Å². The van der Waals surface area contributed by atoms with Crippen LogP contribution in [0.4, 0.5) is 22.7 Å². The number of ether oxygens (including phenoxy) is 1. The molecule has 0 fully saturated rings. The van der Waals surface area contributed by atoms with Gasteiger partial charge in [-0.2, -0.15) is 0 Å². The maximum atomic E-state index is 7.15. The Bertz CT molecular complexity index is 3290. The number of benzene rings is 7. The molecule has 1 aliphatic heterocycles. The van der Waals surface area contributed by atoms with Crippen LogP contribution >= 0.6 is 0 Å². The number of anilines is 4. The number of fused-ring (bicyclic) bond motifs is 4. The number of aromatic nitrogens is 2. The maximum absolute atomic E-state index is 7.15. The van der Waals surface area contributed by atoms with Gasteiger partial charge in [-0.15, -0.1) is 0 Å². The zero-order chi connectivity index (χ0) is 47.8. The monoisotopic (exact) mass is 893 g/mol. The van der Waals surface area contributed by atoms with E-state index < -0.39 is 0 Å². The van der Waals surface area contributed by atoms with Gasteiger partial charge in [-0.25, -0.2) is 4.98 Å². The van der Waals surface area contributed by atoms with Crippen molar-refractivity contribution in [1.29, 1.82) is 0 Å². The molecular formula is C63H64N4O. The van der Waals surface area contributed by atoms with Gasteiger partial charge in [0.15, 0.2) is 0 Å². The molecule has 2 aromatic heterocycles. The second kappa shape index (κ2) is 16.6. The van der Waals surface area contributed by atoms with Gasteiger partial charge in [-0.05, 0) is 128 Å². The lowest BCUT2D eigenvalue weighted by Gasteiger charge is -2.30. The largest absolute Gasteiger partial charge is 0.457 e. The van der Waals surface area contributed by atoms with Gasteiger partial charge in [0.25, 0.3) is 0 Å². The number of pyridine rings is 1. The number of hydrogen-bond acceptors (Lipinski definition) is 4. The molecule has 9 aromatic rings. The minimum absolute atomic E-state index is 0.00597. The average Bonchev–Trinajstić information content (AvgIpc) is 3.87. The second-order valence-electron chi connectivity index (χ2n) is 22.3. The lowest BCUT2D eigenvalue weighted by atomic mass is 9.78. The normalized spacial score (nSPS) is 13.4. The lowest BCUT2D eigenvalue weighted by Crippen LogP contribution is -2.26. The molecule has 0 bridgehead atoms. The molecule has 7 aromatic carbocycles. The fourth-order valence-electron chi connectivity index (χ4n) is 9.73. The van der Waals surface area contributed by atoms with Crippen LogP contribution in [0.3, 0.4) is 0 Å². The number of nitrogens with zero attached hydrogens (tertiary/aromatic N) is 4. The Morgan fingerprint density at radius 2 is 1.00 bits per heavy atom. The van der Waals surface area contributed by atoms with Gasteiger partial charge in [0.2, 0.25) is 0 Å². The van der Waals surface area contributed by atoms with Gasteiger partial charge in [0, 0.05) is 45.9 Å². The summed E-state index contributed by atoms with van der Waals surface area (Å²) in [5, 5.41) is 2.32. The van der Waals surface area contributed by atoms with Crippen LogP contribution in [0, 0.1) is 0 Å². The molecule has 5 heteroatoms. The molecule has 0 saturated carbocycles. The molecule has 0 unspecified atom stereocenters. The molecule has 10 rings (SSSR count). The third kappa shape index (κ3) is 8.33. The molecule has 0 saturated heterocycles. The lowest BCUT2D eigenvalue weighted by molar-refractivity contribution is 0.480. The van der Waals surface area contributed by atoms with Crippen LogP contribution in [0.1, 0.15) is 104 Å². The fourth-order valence-corrected chi connectivity index (χ4v) is 9.73. The van der Waals surface area contributed by atoms with E-state index in [1.165, 1.54) is 55.7 Å². The van der Waals surface area contributed by atoms with Crippen LogP contribution in [0.5, 0.6) is 11.5 Å². The Kier molecular flexibility index (Phi) is 10.9. The summed E-state index contributed by atoms with van der Waals surface area (Å²) in [4.78, 5) is 9.94. The summed E-state index contributed by atoms with van der Waals surface area (Å²) >= 11 is 0. The van der Waals surface area contributed by atoms with E-state index >= 15 is 0 Å². The van der Waals surface area contributed by atoms with Gasteiger partial charge in [-0.3, -0.25) is 4.57 Å². The van der Waals surface area contributed by atoms with Crippen molar-refractivity contribution in [3.63, 3.8) is 0 Å². The smallest absolute Gasteiger partial charge is 0.137 e. The molecule has 1 aliphatic rings. The first-order valence-electron chi connectivity index (χ1n) is 24.1. The quantitative estimate of drug-likeness (QED) is 0.152. The van der Waals surface area contributed by atoms with Crippen molar-refractivity contribution in [2.45, 2.75) is 97.8 Å². The molecule has 3 heterocycles. The van der Waals surface area contributed by atoms with Crippen LogP contribution in [0.25, 0.3) is 38.8 Å². The van der Waals surface area contributed by atoms with Crippen molar-refractivity contribution >= 4 is 44.6 Å². The fraction of sp³-hybridized carbons (Fsp3) is 0.254. The van der Waals surface area contributed by atoms with Gasteiger partial charge in [0.1, 0.15) is 24.0 Å². The molecule has 0 amide bonds. The topological polar surface area (TPSA) is 33.5 Å². The highest BCUT2D eigenvalue weighted by Gasteiger charge is 2.32. The van der Waals surface area contributed by atoms with Crippen molar-refractivity contribution in [3.8, 4) is 28.4 Å². The van der Waals surface area contributed by atoms with E-state index in [1.54, 1.807) is 0 Å². The van der Waals surface area contributed by atoms with Gasteiger partial charge in [-0.1, -0.05) is 161 Å². The summed E-state index contributed by atoms with van der Waals surface area (Å²) < 4.78 is 9.45. The zero-order valence-electron chi connectivity index (χ0n) is 41.6. The molecule has 68 heavy (non-hydrogen) atoms. The highest BCUT2D eigenvalue weighted by Crippen LogP contribution is 2.48. The van der Waals surface area contributed by atoms with Crippen LogP contribution < -0.4 is 14.5 Å². The summed E-state index contributed by atoms with van der Waals surface area (Å²) in [5.74, 6) is 2.42. The van der Waals surface area contributed by atoms with Gasteiger partial charge < -0.3 is 14.5 Å². The number of rotatable bonds is 8. The second-order valence-corrected chi connectivity index (χ2v) is 22.3. The highest BCUT2D eigenvalue weighted by atomic mass is 16.5. The van der Waals surface area contributed by atoms with E-state index in [0.717, 1.165) is 45.1 Å². The molecule has 5 nitrogen and oxygen atoms in total. The number of para-hydroxylation sites is 2. The SMILES string of the molecule is CC(C)(C)c1cc(N2CN(c3cc(Oc4ccc5c6cc(-c7ccccc7)ccc6n(-c6cc(C(C)(C)C)ccn6)c5c4)cc(C(C)(C)c4ccccc4)c3)c3ccccc32)cc(C(C)(C)C)c1. The predicted molar refractivity (Wildman–Crippen MR) is 287 cm³/mol. The first-order valence-corrected chi connectivity index (χ1v) is 24.1. The van der Waals surface area contributed by atoms with E-state index in [1.807, 2.05) is 6.20 Å². The third-order valence-corrected chi connectivity index (χ3v) is 14.0. The van der Waals surface area contributed by atoms with Crippen molar-refractivity contribution in [3.05, 3.63) is 204 Å². The highest BCUT2D eigenvalue weighted by molar-refractivity contribution is 6.10. The Morgan fingerprint density at radius 3 is 1.63 bits per heavy atom. The first kappa shape index (κ1) is 44.7. The Hall–Kier alpha value is -7.11. The van der Waals surface area contributed by atoms with E-state index in [2.05, 4.69) is 260 Å². The van der Waals surface area contributed by atoms with E-state index in [9.17, 15) is 0 Å². The van der Waals surface area contributed by atoms with E-state index in [4.69, 9.17) is 9.72 Å². The standard InChI is InChI=1S/C63H64N4O/c1-60(2,3)45-30-31-64-59(38-45)67-55-29-26-43(42-20-14-12-15-21-42)32-54(55)53-28-27-51(40-58(53)67)68-52-37-48(63(10,11)44-22-16-13-17-23-44)36-50(39-52)66-41-65(56-24-18-19-25-57(56)66)49-34-46(61(4,5)6)33-47(35-49)62(7,8)9/h12-40H,41H2,1-11H3. The summed E-state index contributed by atoms with van der Waals surface area (Å²) in [6.07, 6.45) is 1.94. The molecule has 0 atom stereocenters. The molecule has 0 spiro atoms. The minimum atomic E-state index is -0.326. The van der Waals surface area contributed by atoms with Crippen molar-refractivity contribution in [2.75, 3.05) is 16.5 Å². The van der Waals surface area contributed by atoms with Crippen molar-refractivity contribution in [1.82, 2.24) is 9.55 Å². The Labute approximate surface area is 403 Å². The zero-order valence-corrected chi connectivity index (χ0v) is 41.6. The van der Waals surface area contributed by atoms with Crippen LogP contribution in [-0.2, 0) is 21.7 Å². The van der Waals surface area contributed by atoms with E-state index in [-0.39, 0.29) is 21.7 Å². The molecule has 342 valence electrons. The third-order valence-electron chi connectivity index (χ3n) is 14.0. The van der Waals surface area contributed by atoms with Crippen molar-refractivity contribution < 1.29 is 4.74 Å². The minimum Gasteiger partial charge on any atom is -0.457 e. The van der Waals surface area contributed by atoms with Crippen molar-refractivity contribution in [2.24, 2.45) is 0 Å². The summed E-state index contributed by atoms with van der Waals surface area (Å²) in [6, 6.07) is 61.9. The number of hydrogen-bond donors (Lipinski definition) is 0. The first-order chi connectivity index (χ1) is 32.3. The van der Waals surface area contributed by atoms with E-state index in [0.29, 0.717) is 6.67 Å². The Balaban J connectivity index is 1.12. The molecular weight excluding hydrogens is 829 g/mol. The maximum Gasteiger partial charge on any atom is 0.137 e. The van der Waals surface area contributed by atoms with Crippen LogP contribution in [0.15, 0.2) is 176 Å². The summed E-state index contributed by atoms with van der Waals surface area (Å²) in [5.41, 5.74) is 15.1. The predicted octanol–water partition coefficient (Wildman–Crippen LogP) is 17.1. The van der Waals surface area contributed by atoms with Gasteiger partial charge in [0.05, 0.1) is 22.4 Å². The van der Waals surface area contributed by atoms with Crippen LogP contribution in [-0.4, -0.2) is 16.2 Å². The summed E-state index contributed by atoms with van der Waals surface area (Å²) in [6.45, 7) is 25.9. The summed E-state index contributed by atoms with van der Waals surface area (Å²) in [7, 11) is 0. The molecule has 0 radical (unpaired) electrons. The Morgan fingerprint density at radius 1 is 0.412 bits per heavy atom. The molecule has 0 N–H and O–H groups in total. The van der Waals surface area contributed by atoms with Crippen LogP contribution in [0.2, 0.25) is 0 Å².